The quantitative estimate of drug-likeness (QED) is 0.435. The van der Waals surface area contributed by atoms with Crippen LogP contribution in [0, 0.1) is 40.4 Å². The standard InChI is InChI=1S/C21H42/c1-14(2)13-20(15(3)4,16(5)6)21(17(7)8,18(9)10)19(11)12/h13,15-19H,1-12H3. The molecule has 0 saturated carbocycles. The summed E-state index contributed by atoms with van der Waals surface area (Å²) in [7, 11) is 0. The van der Waals surface area contributed by atoms with Crippen molar-refractivity contribution in [3.8, 4) is 0 Å². The highest BCUT2D eigenvalue weighted by atomic mass is 14.6. The Morgan fingerprint density at radius 1 is 0.571 bits per heavy atom. The highest BCUT2D eigenvalue weighted by Gasteiger charge is 2.57. The van der Waals surface area contributed by atoms with Crippen LogP contribution in [0.2, 0.25) is 0 Å². The second kappa shape index (κ2) is 7.34. The molecule has 126 valence electrons. The van der Waals surface area contributed by atoms with E-state index >= 15 is 0 Å². The van der Waals surface area contributed by atoms with Crippen LogP contribution in [-0.2, 0) is 0 Å². The van der Waals surface area contributed by atoms with Gasteiger partial charge in [0.2, 0.25) is 0 Å². The molecule has 0 heterocycles. The van der Waals surface area contributed by atoms with Gasteiger partial charge in [-0.25, -0.2) is 0 Å². The molecule has 0 aromatic heterocycles. The monoisotopic (exact) mass is 294 g/mol. The Hall–Kier alpha value is -0.260. The third-order valence-electron chi connectivity index (χ3n) is 6.05. The predicted octanol–water partition coefficient (Wildman–Crippen LogP) is 7.21. The molecule has 0 aliphatic heterocycles. The Morgan fingerprint density at radius 3 is 1.00 bits per heavy atom. The molecule has 0 fully saturated rings. The molecule has 0 N–H and O–H groups in total. The summed E-state index contributed by atoms with van der Waals surface area (Å²) in [6, 6.07) is 0. The predicted molar refractivity (Wildman–Crippen MR) is 98.5 cm³/mol. The lowest BCUT2D eigenvalue weighted by molar-refractivity contribution is -0.117. The Kier molecular flexibility index (Phi) is 7.25. The summed E-state index contributed by atoms with van der Waals surface area (Å²) in [4.78, 5) is 0. The van der Waals surface area contributed by atoms with Crippen LogP contribution in [-0.4, -0.2) is 0 Å². The van der Waals surface area contributed by atoms with Crippen molar-refractivity contribution in [2.24, 2.45) is 40.4 Å². The van der Waals surface area contributed by atoms with Gasteiger partial charge in [0.15, 0.2) is 0 Å². The normalized spacial score (nSPS) is 14.0. The minimum Gasteiger partial charge on any atom is -0.0798 e. The molecule has 0 aliphatic carbocycles. The van der Waals surface area contributed by atoms with E-state index in [-0.39, 0.29) is 5.41 Å². The van der Waals surface area contributed by atoms with Gasteiger partial charge in [-0.2, -0.15) is 0 Å². The Balaban J connectivity index is 6.76. The van der Waals surface area contributed by atoms with Crippen LogP contribution in [0.5, 0.6) is 0 Å². The summed E-state index contributed by atoms with van der Waals surface area (Å²) in [5, 5.41) is 0. The molecule has 0 unspecified atom stereocenters. The molecule has 0 atom stereocenters. The van der Waals surface area contributed by atoms with E-state index in [0.717, 1.165) is 0 Å². The van der Waals surface area contributed by atoms with Gasteiger partial charge in [-0.05, 0) is 54.3 Å². The third kappa shape index (κ3) is 3.25. The summed E-state index contributed by atoms with van der Waals surface area (Å²) >= 11 is 0. The van der Waals surface area contributed by atoms with Crippen molar-refractivity contribution < 1.29 is 0 Å². The van der Waals surface area contributed by atoms with Gasteiger partial charge in [-0.15, -0.1) is 0 Å². The van der Waals surface area contributed by atoms with Gasteiger partial charge >= 0.3 is 0 Å². The van der Waals surface area contributed by atoms with Gasteiger partial charge in [0.1, 0.15) is 0 Å². The fraction of sp³-hybridized carbons (Fsp3) is 0.905. The summed E-state index contributed by atoms with van der Waals surface area (Å²) in [6.45, 7) is 28.9. The largest absolute Gasteiger partial charge is 0.0798 e. The Morgan fingerprint density at radius 2 is 0.857 bits per heavy atom. The highest BCUT2D eigenvalue weighted by Crippen LogP contribution is 2.63. The lowest BCUT2D eigenvalue weighted by Gasteiger charge is -2.62. The summed E-state index contributed by atoms with van der Waals surface area (Å²) in [5.74, 6) is 3.27. The highest BCUT2D eigenvalue weighted by molar-refractivity contribution is 5.18. The first-order valence-electron chi connectivity index (χ1n) is 9.04. The first-order chi connectivity index (χ1) is 9.38. The van der Waals surface area contributed by atoms with E-state index in [1.165, 1.54) is 5.57 Å². The van der Waals surface area contributed by atoms with Crippen molar-refractivity contribution in [2.75, 3.05) is 0 Å². The van der Waals surface area contributed by atoms with E-state index in [1.807, 2.05) is 0 Å². The summed E-state index contributed by atoms with van der Waals surface area (Å²) in [6.07, 6.45) is 2.63. The maximum atomic E-state index is 2.63. The van der Waals surface area contributed by atoms with Crippen LogP contribution < -0.4 is 0 Å². The maximum absolute atomic E-state index is 2.63. The van der Waals surface area contributed by atoms with Crippen LogP contribution in [0.4, 0.5) is 0 Å². The van der Waals surface area contributed by atoms with Crippen molar-refractivity contribution in [3.63, 3.8) is 0 Å². The van der Waals surface area contributed by atoms with E-state index in [0.29, 0.717) is 35.0 Å². The van der Waals surface area contributed by atoms with Crippen molar-refractivity contribution in [1.29, 1.82) is 0 Å². The van der Waals surface area contributed by atoms with E-state index in [2.05, 4.69) is 89.2 Å². The molecule has 0 aromatic rings. The fourth-order valence-corrected chi connectivity index (χ4v) is 6.10. The topological polar surface area (TPSA) is 0 Å². The zero-order valence-electron chi connectivity index (χ0n) is 17.0. The maximum Gasteiger partial charge on any atom is -0.000612 e. The summed E-state index contributed by atoms with van der Waals surface area (Å²) in [5.41, 5.74) is 2.01. The molecule has 0 amide bonds. The second-order valence-electron chi connectivity index (χ2n) is 8.86. The number of hydrogen-bond donors (Lipinski definition) is 0. The first-order valence-corrected chi connectivity index (χ1v) is 9.04. The first kappa shape index (κ1) is 20.7. The average Bonchev–Trinajstić information content (AvgIpc) is 2.24. The van der Waals surface area contributed by atoms with Crippen molar-refractivity contribution in [1.82, 2.24) is 0 Å². The molecule has 0 rings (SSSR count). The van der Waals surface area contributed by atoms with Crippen LogP contribution in [0.3, 0.4) is 0 Å². The van der Waals surface area contributed by atoms with E-state index < -0.39 is 0 Å². The minimum absolute atomic E-state index is 0.238. The van der Waals surface area contributed by atoms with Crippen LogP contribution in [0.25, 0.3) is 0 Å². The van der Waals surface area contributed by atoms with Gasteiger partial charge in [-0.1, -0.05) is 80.9 Å². The molecule has 0 bridgehead atoms. The third-order valence-corrected chi connectivity index (χ3v) is 6.05. The van der Waals surface area contributed by atoms with E-state index in [4.69, 9.17) is 0 Å². The summed E-state index contributed by atoms with van der Waals surface area (Å²) < 4.78 is 0. The zero-order valence-corrected chi connectivity index (χ0v) is 17.0. The van der Waals surface area contributed by atoms with Gasteiger partial charge in [0.05, 0.1) is 0 Å². The van der Waals surface area contributed by atoms with Crippen LogP contribution in [0.15, 0.2) is 11.6 Å². The lowest BCUT2D eigenvalue weighted by atomic mass is 9.42. The van der Waals surface area contributed by atoms with Gasteiger partial charge in [0.25, 0.3) is 0 Å². The van der Waals surface area contributed by atoms with Crippen molar-refractivity contribution in [2.45, 2.75) is 83.1 Å². The number of rotatable bonds is 7. The molecular weight excluding hydrogens is 252 g/mol. The van der Waals surface area contributed by atoms with Crippen molar-refractivity contribution >= 4 is 0 Å². The second-order valence-corrected chi connectivity index (χ2v) is 8.86. The lowest BCUT2D eigenvalue weighted by Crippen LogP contribution is -2.57. The SMILES string of the molecule is CC(C)=CC(C(C)C)(C(C)C)C(C(C)C)(C(C)C)C(C)C. The van der Waals surface area contributed by atoms with Gasteiger partial charge in [-0.3, -0.25) is 0 Å². The molecule has 21 heavy (non-hydrogen) atoms. The van der Waals surface area contributed by atoms with Gasteiger partial charge < -0.3 is 0 Å². The average molecular weight is 295 g/mol. The van der Waals surface area contributed by atoms with E-state index in [9.17, 15) is 0 Å². The molecule has 0 heteroatoms. The molecule has 0 spiro atoms. The minimum atomic E-state index is 0.238. The fourth-order valence-electron chi connectivity index (χ4n) is 6.10. The zero-order chi connectivity index (χ0) is 17.2. The smallest absolute Gasteiger partial charge is 0.000612 e. The molecule has 0 radical (unpaired) electrons. The molecule has 0 aromatic carbocycles. The molecule has 0 nitrogen and oxygen atoms in total. The van der Waals surface area contributed by atoms with E-state index in [1.54, 1.807) is 0 Å². The van der Waals surface area contributed by atoms with Crippen molar-refractivity contribution in [3.05, 3.63) is 11.6 Å². The molecule has 0 aliphatic rings. The number of hydrogen-bond acceptors (Lipinski definition) is 0. The Labute approximate surface area is 135 Å². The molecule has 0 saturated heterocycles. The van der Waals surface area contributed by atoms with Crippen LogP contribution in [0.1, 0.15) is 83.1 Å². The Bertz CT molecular complexity index is 305. The molecular formula is C21H42. The van der Waals surface area contributed by atoms with Crippen LogP contribution >= 0.6 is 0 Å². The van der Waals surface area contributed by atoms with Gasteiger partial charge in [0, 0.05) is 0 Å². The number of allylic oxidation sites excluding steroid dienone is 2.